The summed E-state index contributed by atoms with van der Waals surface area (Å²) in [5.74, 6) is 0.134. The summed E-state index contributed by atoms with van der Waals surface area (Å²) >= 11 is 0. The highest BCUT2D eigenvalue weighted by atomic mass is 16.5. The van der Waals surface area contributed by atoms with Gasteiger partial charge in [-0.05, 0) is 82.9 Å². The zero-order valence-corrected chi connectivity index (χ0v) is 26.9. The molecule has 0 bridgehead atoms. The van der Waals surface area contributed by atoms with Gasteiger partial charge in [0.25, 0.3) is 0 Å². The standard InChI is InChI=1S/C34H46N6O3/c1-20-17-26(38-32(35)36-20)40-14-11-23-18-24(9-10-25(23)19-40)27-21(2)37-22(3)28(30(31(41)42)43-33(4,5)6)29(27)39-15-12-34(7,8)13-16-39/h9-10,17-18,30H,11-16,19H2,1-8H3,(H,41,42)(H2,35,36,38)/t30-/m0/s1. The van der Waals surface area contributed by atoms with Gasteiger partial charge in [-0.15, -0.1) is 0 Å². The smallest absolute Gasteiger partial charge is 0.337 e. The monoisotopic (exact) mass is 586 g/mol. The van der Waals surface area contributed by atoms with Gasteiger partial charge in [-0.3, -0.25) is 4.98 Å². The zero-order valence-electron chi connectivity index (χ0n) is 26.9. The first-order valence-electron chi connectivity index (χ1n) is 15.3. The van der Waals surface area contributed by atoms with Crippen LogP contribution < -0.4 is 15.5 Å². The first-order chi connectivity index (χ1) is 20.1. The summed E-state index contributed by atoms with van der Waals surface area (Å²) in [6.45, 7) is 19.4. The summed E-state index contributed by atoms with van der Waals surface area (Å²) in [5, 5.41) is 10.5. The van der Waals surface area contributed by atoms with Gasteiger partial charge >= 0.3 is 5.97 Å². The molecule has 1 saturated heterocycles. The Morgan fingerprint density at radius 2 is 1.67 bits per heavy atom. The predicted molar refractivity (Wildman–Crippen MR) is 172 cm³/mol. The van der Waals surface area contributed by atoms with Crippen molar-refractivity contribution in [2.75, 3.05) is 35.2 Å². The second-order valence-electron chi connectivity index (χ2n) is 13.9. The number of piperidine rings is 1. The number of fused-ring (bicyclic) bond motifs is 1. The first-order valence-corrected chi connectivity index (χ1v) is 15.3. The van der Waals surface area contributed by atoms with Gasteiger partial charge in [0.2, 0.25) is 5.95 Å². The van der Waals surface area contributed by atoms with E-state index in [1.807, 2.05) is 47.6 Å². The van der Waals surface area contributed by atoms with Crippen molar-refractivity contribution >= 4 is 23.4 Å². The fourth-order valence-corrected chi connectivity index (χ4v) is 6.40. The summed E-state index contributed by atoms with van der Waals surface area (Å²) in [5.41, 5.74) is 14.2. The molecule has 1 fully saturated rings. The number of aliphatic carboxylic acids is 1. The van der Waals surface area contributed by atoms with E-state index >= 15 is 0 Å². The molecule has 0 unspecified atom stereocenters. The number of carboxylic acids is 1. The van der Waals surface area contributed by atoms with E-state index in [0.29, 0.717) is 11.3 Å². The van der Waals surface area contributed by atoms with Crippen molar-refractivity contribution in [2.24, 2.45) is 5.41 Å². The van der Waals surface area contributed by atoms with Crippen molar-refractivity contribution in [1.82, 2.24) is 15.0 Å². The van der Waals surface area contributed by atoms with Crippen LogP contribution in [0.25, 0.3) is 11.1 Å². The number of hydrogen-bond donors (Lipinski definition) is 2. The summed E-state index contributed by atoms with van der Waals surface area (Å²) in [7, 11) is 0. The third-order valence-electron chi connectivity index (χ3n) is 8.66. The van der Waals surface area contributed by atoms with E-state index in [0.717, 1.165) is 79.5 Å². The maximum atomic E-state index is 12.8. The van der Waals surface area contributed by atoms with Gasteiger partial charge in [0, 0.05) is 60.5 Å². The third kappa shape index (κ3) is 6.61. The molecule has 0 saturated carbocycles. The molecule has 9 nitrogen and oxygen atoms in total. The van der Waals surface area contributed by atoms with Gasteiger partial charge in [-0.2, -0.15) is 4.98 Å². The van der Waals surface area contributed by atoms with Crippen LogP contribution in [0, 0.1) is 26.2 Å². The molecule has 5 rings (SSSR count). The van der Waals surface area contributed by atoms with Gasteiger partial charge < -0.3 is 25.4 Å². The normalized spacial score (nSPS) is 17.5. The summed E-state index contributed by atoms with van der Waals surface area (Å²) in [6.07, 6.45) is 1.77. The Kier molecular flexibility index (Phi) is 8.15. The van der Waals surface area contributed by atoms with Crippen LogP contribution in [0.1, 0.15) is 87.3 Å². The van der Waals surface area contributed by atoms with Crippen molar-refractivity contribution in [3.8, 4) is 11.1 Å². The average Bonchev–Trinajstić information content (AvgIpc) is 2.90. The Labute approximate surface area is 255 Å². The Morgan fingerprint density at radius 1 is 0.977 bits per heavy atom. The number of anilines is 3. The quantitative estimate of drug-likeness (QED) is 0.349. The lowest BCUT2D eigenvalue weighted by Gasteiger charge is -2.41. The van der Waals surface area contributed by atoms with Gasteiger partial charge in [-0.25, -0.2) is 9.78 Å². The minimum atomic E-state index is -1.13. The molecule has 43 heavy (non-hydrogen) atoms. The highest BCUT2D eigenvalue weighted by Gasteiger charge is 2.36. The van der Waals surface area contributed by atoms with Crippen LogP contribution in [-0.4, -0.2) is 51.3 Å². The Bertz CT molecular complexity index is 1510. The molecule has 2 aromatic heterocycles. The fourth-order valence-electron chi connectivity index (χ4n) is 6.40. The number of hydrogen-bond acceptors (Lipinski definition) is 8. The van der Waals surface area contributed by atoms with Crippen molar-refractivity contribution in [3.63, 3.8) is 0 Å². The highest BCUT2D eigenvalue weighted by Crippen LogP contribution is 2.45. The number of nitrogens with two attached hydrogens (primary N) is 1. The minimum Gasteiger partial charge on any atom is -0.479 e. The lowest BCUT2D eigenvalue weighted by Crippen LogP contribution is -2.39. The fraction of sp³-hybridized carbons (Fsp3) is 0.529. The molecule has 0 aliphatic carbocycles. The predicted octanol–water partition coefficient (Wildman–Crippen LogP) is 6.18. The molecule has 9 heteroatoms. The van der Waals surface area contributed by atoms with E-state index in [2.05, 4.69) is 51.8 Å². The Balaban J connectivity index is 1.61. The van der Waals surface area contributed by atoms with E-state index < -0.39 is 17.7 Å². The molecule has 0 spiro atoms. The minimum absolute atomic E-state index is 0.243. The van der Waals surface area contributed by atoms with E-state index in [1.165, 1.54) is 11.1 Å². The number of carbonyl (C=O) groups is 1. The lowest BCUT2D eigenvalue weighted by atomic mass is 9.81. The molecule has 0 amide bonds. The molecule has 2 aliphatic heterocycles. The van der Waals surface area contributed by atoms with Crippen molar-refractivity contribution < 1.29 is 14.6 Å². The molecular weight excluding hydrogens is 540 g/mol. The number of benzene rings is 1. The molecule has 2 aliphatic rings. The third-order valence-corrected chi connectivity index (χ3v) is 8.66. The van der Waals surface area contributed by atoms with Gasteiger partial charge in [0.15, 0.2) is 6.10 Å². The Morgan fingerprint density at radius 3 is 2.30 bits per heavy atom. The first kappa shape index (κ1) is 30.7. The van der Waals surface area contributed by atoms with E-state index in [9.17, 15) is 9.90 Å². The molecule has 1 atom stereocenters. The maximum absolute atomic E-state index is 12.8. The number of pyridine rings is 1. The second-order valence-corrected chi connectivity index (χ2v) is 13.9. The number of aryl methyl sites for hydroxylation is 3. The molecule has 1 aromatic carbocycles. The molecule has 3 aromatic rings. The van der Waals surface area contributed by atoms with Crippen LogP contribution in [0.5, 0.6) is 0 Å². The number of aromatic nitrogens is 3. The molecule has 230 valence electrons. The SMILES string of the molecule is Cc1cc(N2CCc3cc(-c4c(C)nc(C)c([C@H](OC(C)(C)C)C(=O)O)c4N4CCC(C)(C)CC4)ccc3C2)nc(N)n1. The Hall–Kier alpha value is -3.72. The topological polar surface area (TPSA) is 118 Å². The van der Waals surface area contributed by atoms with Crippen LogP contribution in [-0.2, 0) is 22.5 Å². The van der Waals surface area contributed by atoms with Gasteiger partial charge in [-0.1, -0.05) is 32.0 Å². The lowest BCUT2D eigenvalue weighted by molar-refractivity contribution is -0.160. The van der Waals surface area contributed by atoms with Crippen molar-refractivity contribution in [3.05, 3.63) is 58.0 Å². The zero-order chi connectivity index (χ0) is 31.3. The van der Waals surface area contributed by atoms with Crippen LogP contribution in [0.3, 0.4) is 0 Å². The average molecular weight is 587 g/mol. The van der Waals surface area contributed by atoms with Crippen LogP contribution in [0.15, 0.2) is 24.3 Å². The van der Waals surface area contributed by atoms with E-state index in [1.54, 1.807) is 0 Å². The van der Waals surface area contributed by atoms with Crippen LogP contribution in [0.2, 0.25) is 0 Å². The van der Waals surface area contributed by atoms with Crippen LogP contribution in [0.4, 0.5) is 17.5 Å². The highest BCUT2D eigenvalue weighted by molar-refractivity contribution is 5.88. The number of rotatable bonds is 6. The maximum Gasteiger partial charge on any atom is 0.337 e. The van der Waals surface area contributed by atoms with E-state index in [4.69, 9.17) is 15.5 Å². The number of nitrogen functional groups attached to an aromatic ring is 1. The number of carboxylic acid groups (broad SMARTS) is 1. The van der Waals surface area contributed by atoms with Gasteiger partial charge in [0.1, 0.15) is 5.82 Å². The number of nitrogens with zero attached hydrogens (tertiary/aromatic N) is 5. The second kappa shape index (κ2) is 11.4. The molecule has 3 N–H and O–H groups in total. The van der Waals surface area contributed by atoms with Gasteiger partial charge in [0.05, 0.1) is 11.3 Å². The molecule has 4 heterocycles. The van der Waals surface area contributed by atoms with Crippen molar-refractivity contribution in [1.29, 1.82) is 0 Å². The summed E-state index contributed by atoms with van der Waals surface area (Å²) < 4.78 is 6.24. The van der Waals surface area contributed by atoms with Crippen LogP contribution >= 0.6 is 0 Å². The molecular formula is C34H46N6O3. The number of ether oxygens (including phenoxy) is 1. The molecule has 0 radical (unpaired) electrons. The van der Waals surface area contributed by atoms with E-state index in [-0.39, 0.29) is 11.4 Å². The largest absolute Gasteiger partial charge is 0.479 e. The van der Waals surface area contributed by atoms with Crippen molar-refractivity contribution in [2.45, 2.75) is 92.9 Å². The summed E-state index contributed by atoms with van der Waals surface area (Å²) in [6, 6.07) is 8.59. The summed E-state index contributed by atoms with van der Waals surface area (Å²) in [4.78, 5) is 31.0.